The number of hydrogen-bond donors (Lipinski definition) is 1. The summed E-state index contributed by atoms with van der Waals surface area (Å²) in [6.07, 6.45) is 0.861. The third kappa shape index (κ3) is 7.60. The molecule has 1 N–H and O–H groups in total. The molecule has 0 radical (unpaired) electrons. The van der Waals surface area contributed by atoms with Crippen molar-refractivity contribution in [3.63, 3.8) is 0 Å². The molecule has 0 saturated carbocycles. The van der Waals surface area contributed by atoms with Gasteiger partial charge in [-0.1, -0.05) is 91.0 Å². The summed E-state index contributed by atoms with van der Waals surface area (Å²) in [7, 11) is 0. The van der Waals surface area contributed by atoms with Gasteiger partial charge in [0.2, 0.25) is 0 Å². The van der Waals surface area contributed by atoms with Crippen molar-refractivity contribution in [2.45, 2.75) is 44.5 Å². The number of rotatable bonds is 13. The molecule has 0 unspecified atom stereocenters. The molecule has 1 aliphatic rings. The van der Waals surface area contributed by atoms with Crippen molar-refractivity contribution in [3.8, 4) is 0 Å². The summed E-state index contributed by atoms with van der Waals surface area (Å²) >= 11 is 0. The van der Waals surface area contributed by atoms with Crippen LogP contribution < -0.4 is 5.32 Å². The topological polar surface area (TPSA) is 49.6 Å². The minimum atomic E-state index is -0.0351. The van der Waals surface area contributed by atoms with Crippen LogP contribution in [0.2, 0.25) is 0 Å². The molecule has 1 aliphatic heterocycles. The standard InChI is InChI=1S/C27H31NO3/c1-4-10-22(11-5-1)18-29-21-25(30-19-23-12-6-2-7-13-23)16-27(26-17-28-26)31-20-24-14-8-3-9-15-24/h1-15,25-28H,16-21H2/t25-,26+,27-/m0/s1. The summed E-state index contributed by atoms with van der Waals surface area (Å²) < 4.78 is 18.6. The normalized spacial score (nSPS) is 17.2. The third-order valence-electron chi connectivity index (χ3n) is 5.43. The lowest BCUT2D eigenvalue weighted by Gasteiger charge is -2.24. The molecule has 0 bridgehead atoms. The zero-order chi connectivity index (χ0) is 21.1. The van der Waals surface area contributed by atoms with Crippen LogP contribution in [0.5, 0.6) is 0 Å². The Bertz CT molecular complexity index is 869. The second kappa shape index (κ2) is 11.8. The van der Waals surface area contributed by atoms with Gasteiger partial charge in [0.05, 0.1) is 38.6 Å². The summed E-state index contributed by atoms with van der Waals surface area (Å²) in [6.45, 7) is 3.31. The van der Waals surface area contributed by atoms with Crippen molar-refractivity contribution < 1.29 is 14.2 Å². The van der Waals surface area contributed by atoms with Gasteiger partial charge >= 0.3 is 0 Å². The fraction of sp³-hybridized carbons (Fsp3) is 0.333. The Labute approximate surface area is 185 Å². The van der Waals surface area contributed by atoms with Gasteiger partial charge in [0.25, 0.3) is 0 Å². The highest BCUT2D eigenvalue weighted by atomic mass is 16.5. The Kier molecular flexibility index (Phi) is 8.25. The highest BCUT2D eigenvalue weighted by Gasteiger charge is 2.33. The van der Waals surface area contributed by atoms with Crippen molar-refractivity contribution in [1.82, 2.24) is 5.32 Å². The Balaban J connectivity index is 1.33. The van der Waals surface area contributed by atoms with E-state index in [1.165, 1.54) is 16.7 Å². The molecule has 1 saturated heterocycles. The summed E-state index contributed by atoms with van der Waals surface area (Å²) in [4.78, 5) is 0. The van der Waals surface area contributed by atoms with Crippen LogP contribution in [-0.2, 0) is 34.0 Å². The van der Waals surface area contributed by atoms with E-state index in [0.29, 0.717) is 32.5 Å². The molecule has 31 heavy (non-hydrogen) atoms. The smallest absolute Gasteiger partial charge is 0.0838 e. The first kappa shape index (κ1) is 21.7. The highest BCUT2D eigenvalue weighted by molar-refractivity contribution is 5.15. The Morgan fingerprint density at radius 3 is 1.68 bits per heavy atom. The van der Waals surface area contributed by atoms with Gasteiger partial charge in [-0.25, -0.2) is 0 Å². The molecular weight excluding hydrogens is 386 g/mol. The third-order valence-corrected chi connectivity index (χ3v) is 5.43. The van der Waals surface area contributed by atoms with E-state index in [1.807, 2.05) is 54.6 Å². The SMILES string of the molecule is c1ccc(COC[C@H](C[C@H](OCc2ccccc2)[C@H]2CN2)OCc2ccccc2)cc1. The summed E-state index contributed by atoms with van der Waals surface area (Å²) in [5.41, 5.74) is 3.53. The molecule has 1 heterocycles. The van der Waals surface area contributed by atoms with Gasteiger partial charge in [0.15, 0.2) is 0 Å². The van der Waals surface area contributed by atoms with Crippen LogP contribution in [0.25, 0.3) is 0 Å². The average Bonchev–Trinajstić information content (AvgIpc) is 3.67. The molecular formula is C27H31NO3. The van der Waals surface area contributed by atoms with Gasteiger partial charge in [-0.05, 0) is 16.7 Å². The van der Waals surface area contributed by atoms with Crippen LogP contribution in [-0.4, -0.2) is 31.4 Å². The lowest BCUT2D eigenvalue weighted by atomic mass is 10.1. The lowest BCUT2D eigenvalue weighted by Crippen LogP contribution is -2.31. The van der Waals surface area contributed by atoms with Crippen LogP contribution in [0.1, 0.15) is 23.1 Å². The van der Waals surface area contributed by atoms with Crippen molar-refractivity contribution in [2.75, 3.05) is 13.2 Å². The van der Waals surface area contributed by atoms with Crippen molar-refractivity contribution >= 4 is 0 Å². The molecule has 1 fully saturated rings. The van der Waals surface area contributed by atoms with Crippen LogP contribution >= 0.6 is 0 Å². The largest absolute Gasteiger partial charge is 0.374 e. The highest BCUT2D eigenvalue weighted by Crippen LogP contribution is 2.20. The maximum atomic E-state index is 6.30. The van der Waals surface area contributed by atoms with Gasteiger partial charge in [-0.3, -0.25) is 0 Å². The molecule has 4 rings (SSSR count). The van der Waals surface area contributed by atoms with E-state index in [2.05, 4.69) is 41.7 Å². The van der Waals surface area contributed by atoms with Crippen molar-refractivity contribution in [3.05, 3.63) is 108 Å². The van der Waals surface area contributed by atoms with Crippen molar-refractivity contribution in [1.29, 1.82) is 0 Å². The summed E-state index contributed by atoms with van der Waals surface area (Å²) in [5.74, 6) is 0. The average molecular weight is 418 g/mol. The monoisotopic (exact) mass is 417 g/mol. The predicted octanol–water partition coefficient (Wildman–Crippen LogP) is 4.74. The van der Waals surface area contributed by atoms with Crippen LogP contribution in [0.3, 0.4) is 0 Å². The van der Waals surface area contributed by atoms with Gasteiger partial charge in [-0.15, -0.1) is 0 Å². The first-order valence-corrected chi connectivity index (χ1v) is 11.0. The zero-order valence-electron chi connectivity index (χ0n) is 17.9. The fourth-order valence-corrected chi connectivity index (χ4v) is 3.57. The number of hydrogen-bond acceptors (Lipinski definition) is 4. The molecule has 3 aromatic rings. The van der Waals surface area contributed by atoms with Gasteiger partial charge < -0.3 is 19.5 Å². The molecule has 0 spiro atoms. The fourth-order valence-electron chi connectivity index (χ4n) is 3.57. The Morgan fingerprint density at radius 2 is 1.16 bits per heavy atom. The van der Waals surface area contributed by atoms with E-state index in [9.17, 15) is 0 Å². The van der Waals surface area contributed by atoms with Crippen LogP contribution in [0.4, 0.5) is 0 Å². The zero-order valence-corrected chi connectivity index (χ0v) is 17.9. The van der Waals surface area contributed by atoms with E-state index in [4.69, 9.17) is 14.2 Å². The molecule has 162 valence electrons. The minimum Gasteiger partial charge on any atom is -0.374 e. The molecule has 0 amide bonds. The first-order valence-electron chi connectivity index (χ1n) is 11.0. The predicted molar refractivity (Wildman–Crippen MR) is 123 cm³/mol. The maximum Gasteiger partial charge on any atom is 0.0838 e. The minimum absolute atomic E-state index is 0.0351. The van der Waals surface area contributed by atoms with E-state index in [1.54, 1.807) is 0 Å². The Hall–Kier alpha value is -2.50. The van der Waals surface area contributed by atoms with Gasteiger partial charge in [0, 0.05) is 19.0 Å². The van der Waals surface area contributed by atoms with Crippen molar-refractivity contribution in [2.24, 2.45) is 0 Å². The second-order valence-corrected chi connectivity index (χ2v) is 8.00. The number of nitrogens with one attached hydrogen (secondary N) is 1. The summed E-state index contributed by atoms with van der Waals surface area (Å²) in [5, 5.41) is 3.41. The maximum absolute atomic E-state index is 6.30. The molecule has 4 heteroatoms. The quantitative estimate of drug-likeness (QED) is 0.408. The van der Waals surface area contributed by atoms with Crippen LogP contribution in [0, 0.1) is 0 Å². The molecule has 3 atom stereocenters. The molecule has 0 aliphatic carbocycles. The summed E-state index contributed by atoms with van der Waals surface area (Å²) in [6, 6.07) is 31.3. The Morgan fingerprint density at radius 1 is 0.677 bits per heavy atom. The number of ether oxygens (including phenoxy) is 3. The van der Waals surface area contributed by atoms with E-state index in [-0.39, 0.29) is 12.2 Å². The first-order chi connectivity index (χ1) is 15.4. The lowest BCUT2D eigenvalue weighted by molar-refractivity contribution is -0.0663. The molecule has 0 aromatic heterocycles. The van der Waals surface area contributed by atoms with Gasteiger partial charge in [0.1, 0.15) is 0 Å². The van der Waals surface area contributed by atoms with Crippen LogP contribution in [0.15, 0.2) is 91.0 Å². The number of benzene rings is 3. The van der Waals surface area contributed by atoms with E-state index in [0.717, 1.165) is 13.0 Å². The van der Waals surface area contributed by atoms with Gasteiger partial charge in [-0.2, -0.15) is 0 Å². The molecule has 4 nitrogen and oxygen atoms in total. The second-order valence-electron chi connectivity index (χ2n) is 8.00. The van der Waals surface area contributed by atoms with E-state index >= 15 is 0 Å². The van der Waals surface area contributed by atoms with E-state index < -0.39 is 0 Å². The molecule has 3 aromatic carbocycles.